The molecule has 0 N–H and O–H groups in total. The molecule has 1 aromatic heterocycles. The molecule has 1 unspecified atom stereocenters. The molecule has 1 aromatic rings. The number of aromatic nitrogens is 2. The first-order valence-corrected chi connectivity index (χ1v) is 6.91. The van der Waals surface area contributed by atoms with Crippen molar-refractivity contribution in [2.24, 2.45) is 0 Å². The molecule has 96 valence electrons. The lowest BCUT2D eigenvalue weighted by atomic mass is 9.77. The minimum absolute atomic E-state index is 0.251. The van der Waals surface area contributed by atoms with Crippen LogP contribution in [0, 0.1) is 6.92 Å². The largest absolute Gasteiger partial charge is 0.241 e. The summed E-state index contributed by atoms with van der Waals surface area (Å²) in [6.07, 6.45) is 11.7. The van der Waals surface area contributed by atoms with Crippen molar-refractivity contribution in [2.45, 2.75) is 71.6 Å². The van der Waals surface area contributed by atoms with Gasteiger partial charge < -0.3 is 0 Å². The third-order valence-electron chi connectivity index (χ3n) is 3.84. The Bertz CT molecular complexity index is 318. The van der Waals surface area contributed by atoms with Crippen LogP contribution in [-0.2, 0) is 5.41 Å². The highest BCUT2D eigenvalue weighted by atomic mass is 14.8. The zero-order valence-electron chi connectivity index (χ0n) is 11.8. The fourth-order valence-electron chi connectivity index (χ4n) is 2.17. The SMILES string of the molecule is CCCCCCC(C)(CC)c1cnc(C)nc1. The molecule has 17 heavy (non-hydrogen) atoms. The van der Waals surface area contributed by atoms with Gasteiger partial charge in [0, 0.05) is 12.4 Å². The summed E-state index contributed by atoms with van der Waals surface area (Å²) in [6, 6.07) is 0. The first-order chi connectivity index (χ1) is 8.12. The molecule has 0 radical (unpaired) electrons. The minimum Gasteiger partial charge on any atom is -0.241 e. The summed E-state index contributed by atoms with van der Waals surface area (Å²) in [4.78, 5) is 8.65. The van der Waals surface area contributed by atoms with Crippen LogP contribution >= 0.6 is 0 Å². The molecule has 0 aliphatic rings. The van der Waals surface area contributed by atoms with Crippen LogP contribution in [0.25, 0.3) is 0 Å². The lowest BCUT2D eigenvalue weighted by Crippen LogP contribution is -2.21. The molecule has 0 amide bonds. The highest BCUT2D eigenvalue weighted by molar-refractivity contribution is 5.17. The molecule has 0 aliphatic carbocycles. The molecular formula is C15H26N2. The van der Waals surface area contributed by atoms with Crippen molar-refractivity contribution in [1.29, 1.82) is 0 Å². The lowest BCUT2D eigenvalue weighted by Gasteiger charge is -2.28. The Kier molecular flexibility index (Phi) is 5.60. The molecule has 0 saturated carbocycles. The minimum atomic E-state index is 0.251. The third kappa shape index (κ3) is 4.10. The molecule has 0 spiro atoms. The fraction of sp³-hybridized carbons (Fsp3) is 0.733. The van der Waals surface area contributed by atoms with Crippen molar-refractivity contribution < 1.29 is 0 Å². The fourth-order valence-corrected chi connectivity index (χ4v) is 2.17. The van der Waals surface area contributed by atoms with Gasteiger partial charge in [0.2, 0.25) is 0 Å². The summed E-state index contributed by atoms with van der Waals surface area (Å²) < 4.78 is 0. The van der Waals surface area contributed by atoms with Crippen molar-refractivity contribution >= 4 is 0 Å². The normalized spacial score (nSPS) is 14.6. The molecule has 0 saturated heterocycles. The van der Waals surface area contributed by atoms with E-state index >= 15 is 0 Å². The topological polar surface area (TPSA) is 25.8 Å². The van der Waals surface area contributed by atoms with Crippen molar-refractivity contribution in [3.8, 4) is 0 Å². The first-order valence-electron chi connectivity index (χ1n) is 6.91. The number of aryl methyl sites for hydroxylation is 1. The summed E-state index contributed by atoms with van der Waals surface area (Å²) in [5.41, 5.74) is 1.55. The summed E-state index contributed by atoms with van der Waals surface area (Å²) in [7, 11) is 0. The van der Waals surface area contributed by atoms with E-state index in [1.165, 1.54) is 37.7 Å². The van der Waals surface area contributed by atoms with E-state index < -0.39 is 0 Å². The van der Waals surface area contributed by atoms with E-state index in [0.29, 0.717) is 0 Å². The quantitative estimate of drug-likeness (QED) is 0.652. The van der Waals surface area contributed by atoms with Gasteiger partial charge in [0.15, 0.2) is 0 Å². The molecule has 0 aliphatic heterocycles. The molecular weight excluding hydrogens is 208 g/mol. The maximum absolute atomic E-state index is 4.33. The van der Waals surface area contributed by atoms with Gasteiger partial charge in [-0.2, -0.15) is 0 Å². The van der Waals surface area contributed by atoms with Crippen LogP contribution in [0.15, 0.2) is 12.4 Å². The van der Waals surface area contributed by atoms with E-state index in [0.717, 1.165) is 12.2 Å². The van der Waals surface area contributed by atoms with Crippen molar-refractivity contribution in [2.75, 3.05) is 0 Å². The van der Waals surface area contributed by atoms with Crippen molar-refractivity contribution in [1.82, 2.24) is 9.97 Å². The van der Waals surface area contributed by atoms with Crippen molar-refractivity contribution in [3.05, 3.63) is 23.8 Å². The number of nitrogens with zero attached hydrogens (tertiary/aromatic N) is 2. The summed E-state index contributed by atoms with van der Waals surface area (Å²) in [5, 5.41) is 0. The Morgan fingerprint density at radius 3 is 2.24 bits per heavy atom. The van der Waals surface area contributed by atoms with Crippen LogP contribution < -0.4 is 0 Å². The van der Waals surface area contributed by atoms with Gasteiger partial charge in [-0.1, -0.05) is 46.5 Å². The van der Waals surface area contributed by atoms with Gasteiger partial charge in [0.25, 0.3) is 0 Å². The average Bonchev–Trinajstić information content (AvgIpc) is 2.35. The van der Waals surface area contributed by atoms with E-state index in [4.69, 9.17) is 0 Å². The molecule has 2 nitrogen and oxygen atoms in total. The molecule has 0 bridgehead atoms. The Balaban J connectivity index is 2.63. The highest BCUT2D eigenvalue weighted by Gasteiger charge is 2.24. The Hall–Kier alpha value is -0.920. The van der Waals surface area contributed by atoms with Gasteiger partial charge in [-0.05, 0) is 30.7 Å². The number of rotatable bonds is 7. The predicted octanol–water partition coefficient (Wildman–Crippen LogP) is 4.42. The first kappa shape index (κ1) is 14.1. The maximum Gasteiger partial charge on any atom is 0.125 e. The van der Waals surface area contributed by atoms with E-state index in [2.05, 4.69) is 30.7 Å². The van der Waals surface area contributed by atoms with Gasteiger partial charge in [0.1, 0.15) is 5.82 Å². The molecule has 0 fully saturated rings. The second kappa shape index (κ2) is 6.73. The second-order valence-corrected chi connectivity index (χ2v) is 5.24. The van der Waals surface area contributed by atoms with Gasteiger partial charge in [0.05, 0.1) is 0 Å². The Morgan fingerprint density at radius 2 is 1.71 bits per heavy atom. The Labute approximate surface area is 106 Å². The van der Waals surface area contributed by atoms with Crippen LogP contribution in [0.3, 0.4) is 0 Å². The van der Waals surface area contributed by atoms with E-state index in [1.54, 1.807) is 0 Å². The molecule has 1 heterocycles. The predicted molar refractivity (Wildman–Crippen MR) is 73.2 cm³/mol. The zero-order chi connectivity index (χ0) is 12.7. The van der Waals surface area contributed by atoms with Gasteiger partial charge in [-0.3, -0.25) is 0 Å². The van der Waals surface area contributed by atoms with Gasteiger partial charge >= 0.3 is 0 Å². The number of hydrogen-bond donors (Lipinski definition) is 0. The highest BCUT2D eigenvalue weighted by Crippen LogP contribution is 2.32. The number of unbranched alkanes of at least 4 members (excludes halogenated alkanes) is 3. The van der Waals surface area contributed by atoms with E-state index in [-0.39, 0.29) is 5.41 Å². The average molecular weight is 234 g/mol. The van der Waals surface area contributed by atoms with Crippen LogP contribution in [0.4, 0.5) is 0 Å². The summed E-state index contributed by atoms with van der Waals surface area (Å²) in [6.45, 7) is 8.80. The lowest BCUT2D eigenvalue weighted by molar-refractivity contribution is 0.393. The molecule has 2 heteroatoms. The molecule has 0 aromatic carbocycles. The third-order valence-corrected chi connectivity index (χ3v) is 3.84. The Morgan fingerprint density at radius 1 is 1.06 bits per heavy atom. The van der Waals surface area contributed by atoms with Gasteiger partial charge in [-0.15, -0.1) is 0 Å². The van der Waals surface area contributed by atoms with Crippen molar-refractivity contribution in [3.63, 3.8) is 0 Å². The molecule has 1 atom stereocenters. The van der Waals surface area contributed by atoms with Gasteiger partial charge in [-0.25, -0.2) is 9.97 Å². The van der Waals surface area contributed by atoms with Crippen LogP contribution in [-0.4, -0.2) is 9.97 Å². The monoisotopic (exact) mass is 234 g/mol. The van der Waals surface area contributed by atoms with E-state index in [1.807, 2.05) is 19.3 Å². The summed E-state index contributed by atoms with van der Waals surface area (Å²) in [5.74, 6) is 0.859. The summed E-state index contributed by atoms with van der Waals surface area (Å²) >= 11 is 0. The second-order valence-electron chi connectivity index (χ2n) is 5.24. The maximum atomic E-state index is 4.33. The molecule has 1 rings (SSSR count). The standard InChI is InChI=1S/C15H26N2/c1-5-7-8-9-10-15(4,6-2)14-11-16-13(3)17-12-14/h11-12H,5-10H2,1-4H3. The van der Waals surface area contributed by atoms with Crippen LogP contribution in [0.2, 0.25) is 0 Å². The van der Waals surface area contributed by atoms with Crippen LogP contribution in [0.1, 0.15) is 70.7 Å². The zero-order valence-corrected chi connectivity index (χ0v) is 11.8. The van der Waals surface area contributed by atoms with E-state index in [9.17, 15) is 0 Å². The van der Waals surface area contributed by atoms with Crippen LogP contribution in [0.5, 0.6) is 0 Å². The smallest absolute Gasteiger partial charge is 0.125 e. The number of hydrogen-bond acceptors (Lipinski definition) is 2.